The Labute approximate surface area is 226 Å². The van der Waals surface area contributed by atoms with E-state index in [0.29, 0.717) is 5.56 Å². The number of thioether (sulfide) groups is 1. The van der Waals surface area contributed by atoms with Gasteiger partial charge in [-0.25, -0.2) is 14.6 Å². The third-order valence-corrected chi connectivity index (χ3v) is 8.23. The number of nitro groups is 1. The molecular weight excluding hydrogens is 528 g/mol. The molecule has 3 aliphatic heterocycles. The second-order valence-electron chi connectivity index (χ2n) is 9.09. The van der Waals surface area contributed by atoms with Crippen molar-refractivity contribution in [1.29, 1.82) is 0 Å². The van der Waals surface area contributed by atoms with Gasteiger partial charge in [0.2, 0.25) is 16.7 Å². The average molecular weight is 553 g/mol. The number of carbonyl (C=O) groups excluding carboxylic acids is 4. The summed E-state index contributed by atoms with van der Waals surface area (Å²) >= 11 is 1.08. The van der Waals surface area contributed by atoms with Gasteiger partial charge < -0.3 is 15.0 Å². The van der Waals surface area contributed by atoms with Gasteiger partial charge in [0, 0.05) is 25.6 Å². The number of non-ortho nitro benzene ring substituents is 1. The number of hydrogen-bond donors (Lipinski definition) is 1. The topological polar surface area (TPSA) is 155 Å². The molecule has 0 saturated carbocycles. The molecule has 3 aliphatic rings. The van der Waals surface area contributed by atoms with Crippen molar-refractivity contribution in [2.75, 3.05) is 13.1 Å². The largest absolute Gasteiger partial charge is 0.458 e. The molecule has 0 aliphatic carbocycles. The monoisotopic (exact) mass is 552 g/mol. The minimum atomic E-state index is -1.77. The maximum absolute atomic E-state index is 13.9. The maximum atomic E-state index is 13.9. The molecule has 3 fully saturated rings. The molecule has 3 heterocycles. The fourth-order valence-corrected chi connectivity index (χ4v) is 6.44. The van der Waals surface area contributed by atoms with Gasteiger partial charge in [-0.1, -0.05) is 42.1 Å². The summed E-state index contributed by atoms with van der Waals surface area (Å²) < 4.78 is 5.64. The molecule has 1 unspecified atom stereocenters. The molecule has 0 bridgehead atoms. The average Bonchev–Trinajstić information content (AvgIpc) is 3.40. The highest BCUT2D eigenvalue weighted by atomic mass is 32.2. The first-order chi connectivity index (χ1) is 18.7. The van der Waals surface area contributed by atoms with Crippen molar-refractivity contribution in [3.63, 3.8) is 0 Å². The van der Waals surface area contributed by atoms with Gasteiger partial charge in [0.05, 0.1) is 29.5 Å². The van der Waals surface area contributed by atoms with Crippen molar-refractivity contribution in [2.45, 2.75) is 36.4 Å². The summed E-state index contributed by atoms with van der Waals surface area (Å²) in [5, 5.41) is 18.7. The van der Waals surface area contributed by atoms with Crippen molar-refractivity contribution in [3.05, 3.63) is 75.8 Å². The summed E-state index contributed by atoms with van der Waals surface area (Å²) in [6.45, 7) is 1.29. The minimum Gasteiger partial charge on any atom is -0.458 e. The number of carbonyl (C=O) groups is 4. The number of nitrogens with one attached hydrogen (secondary N) is 1. The summed E-state index contributed by atoms with van der Waals surface area (Å²) in [6.07, 6.45) is 0.526. The van der Waals surface area contributed by atoms with Gasteiger partial charge in [-0.05, 0) is 23.3 Å². The summed E-state index contributed by atoms with van der Waals surface area (Å²) in [5.74, 6) is -1.57. The molecule has 14 heteroatoms. The molecule has 202 valence electrons. The van der Waals surface area contributed by atoms with Crippen LogP contribution < -0.4 is 5.32 Å². The van der Waals surface area contributed by atoms with E-state index in [1.165, 1.54) is 52.2 Å². The predicted molar refractivity (Wildman–Crippen MR) is 139 cm³/mol. The number of ether oxygens (including phenoxy) is 1. The Bertz CT molecular complexity index is 1350. The molecule has 0 spiro atoms. The molecule has 1 N–H and O–H groups in total. The summed E-state index contributed by atoms with van der Waals surface area (Å²) in [4.78, 5) is 63.5. The van der Waals surface area contributed by atoms with E-state index >= 15 is 0 Å². The van der Waals surface area contributed by atoms with Crippen molar-refractivity contribution < 1.29 is 28.8 Å². The van der Waals surface area contributed by atoms with Gasteiger partial charge in [0.15, 0.2) is 0 Å². The lowest BCUT2D eigenvalue weighted by Crippen LogP contribution is -2.68. The van der Waals surface area contributed by atoms with E-state index in [1.807, 2.05) is 30.3 Å². The first kappa shape index (κ1) is 26.2. The van der Waals surface area contributed by atoms with Crippen LogP contribution >= 0.6 is 11.8 Å². The highest BCUT2D eigenvalue weighted by Crippen LogP contribution is 2.53. The lowest BCUT2D eigenvalue weighted by atomic mass is 10.1. The molecule has 4 amide bonds. The Morgan fingerprint density at radius 2 is 1.90 bits per heavy atom. The Kier molecular flexibility index (Phi) is 6.95. The van der Waals surface area contributed by atoms with Crippen LogP contribution in [0.3, 0.4) is 0 Å². The number of hydrazone groups is 1. The molecule has 39 heavy (non-hydrogen) atoms. The van der Waals surface area contributed by atoms with E-state index in [4.69, 9.17) is 4.74 Å². The second kappa shape index (κ2) is 10.4. The smallest absolute Gasteiger partial charge is 0.347 e. The maximum Gasteiger partial charge on any atom is 0.347 e. The molecular formula is C25H24N6O7S. The van der Waals surface area contributed by atoms with E-state index in [2.05, 4.69) is 10.4 Å². The quantitative estimate of drug-likeness (QED) is 0.171. The number of fused-ring (bicyclic) bond motifs is 1. The van der Waals surface area contributed by atoms with Gasteiger partial charge in [0.25, 0.3) is 5.69 Å². The first-order valence-electron chi connectivity index (χ1n) is 12.1. The zero-order chi connectivity index (χ0) is 27.7. The van der Waals surface area contributed by atoms with Gasteiger partial charge in [-0.15, -0.1) is 0 Å². The number of nitrogens with zero attached hydrogens (tertiary/aromatic N) is 5. The molecule has 5 rings (SSSR count). The lowest BCUT2D eigenvalue weighted by molar-refractivity contribution is -0.384. The van der Waals surface area contributed by atoms with Crippen LogP contribution in [-0.2, 0) is 25.7 Å². The van der Waals surface area contributed by atoms with Crippen LogP contribution in [-0.4, -0.2) is 79.3 Å². The number of esters is 1. The third-order valence-electron chi connectivity index (χ3n) is 6.60. The lowest BCUT2D eigenvalue weighted by Gasteiger charge is -2.41. The Balaban J connectivity index is 1.43. The zero-order valence-electron chi connectivity index (χ0n) is 20.8. The number of hydrogen-bond acceptors (Lipinski definition) is 9. The standard InChI is InChI=1S/C25H24N6O7S/c1-16(32)27-22-25(39-21-13-20(33)30(21)22,23(34)38-15-18-7-9-19(10-8-18)31(36)37)28-11-12-29(24(28)35)26-14-17-5-3-2-4-6-17/h2-10,14,21-22H,11-13,15H2,1H3,(H,27,32)/t21-,22?,25-/m1/s1. The Morgan fingerprint density at radius 1 is 1.18 bits per heavy atom. The molecule has 2 aromatic carbocycles. The normalized spacial score (nSPS) is 24.1. The molecule has 3 saturated heterocycles. The molecule has 3 atom stereocenters. The fraction of sp³-hybridized carbons (Fsp3) is 0.320. The van der Waals surface area contributed by atoms with Crippen LogP contribution in [0.15, 0.2) is 59.7 Å². The molecule has 0 aromatic heterocycles. The number of rotatable bonds is 8. The van der Waals surface area contributed by atoms with E-state index in [-0.39, 0.29) is 37.7 Å². The number of amides is 4. The Morgan fingerprint density at radius 3 is 2.54 bits per heavy atom. The van der Waals surface area contributed by atoms with Gasteiger partial charge in [-0.2, -0.15) is 5.10 Å². The highest BCUT2D eigenvalue weighted by molar-refractivity contribution is 8.02. The molecule has 2 aromatic rings. The zero-order valence-corrected chi connectivity index (χ0v) is 21.6. The Hall–Kier alpha value is -4.46. The van der Waals surface area contributed by atoms with Crippen molar-refractivity contribution in [1.82, 2.24) is 20.1 Å². The van der Waals surface area contributed by atoms with Crippen LogP contribution in [0.1, 0.15) is 24.5 Å². The number of nitro benzene ring substituents is 1. The number of urea groups is 1. The van der Waals surface area contributed by atoms with Crippen LogP contribution in [0, 0.1) is 10.1 Å². The van der Waals surface area contributed by atoms with Crippen molar-refractivity contribution in [3.8, 4) is 0 Å². The number of β-lactam (4-membered cyclic amide) rings is 1. The van der Waals surface area contributed by atoms with Crippen LogP contribution in [0.4, 0.5) is 10.5 Å². The molecule has 0 radical (unpaired) electrons. The van der Waals surface area contributed by atoms with Gasteiger partial charge >= 0.3 is 12.0 Å². The van der Waals surface area contributed by atoms with E-state index in [0.717, 1.165) is 17.3 Å². The fourth-order valence-electron chi connectivity index (χ4n) is 4.69. The SMILES string of the molecule is CC(=O)NC1N2C(=O)C[C@H]2S[C@]1(C(=O)OCc1ccc([N+](=O)[O-])cc1)N1CCN(N=Cc2ccccc2)C1=O. The predicted octanol–water partition coefficient (Wildman–Crippen LogP) is 1.87. The van der Waals surface area contributed by atoms with Gasteiger partial charge in [-0.3, -0.25) is 24.6 Å². The minimum absolute atomic E-state index is 0.0927. The van der Waals surface area contributed by atoms with Crippen LogP contribution in [0.5, 0.6) is 0 Å². The number of benzene rings is 2. The summed E-state index contributed by atoms with van der Waals surface area (Å²) in [6, 6.07) is 14.1. The van der Waals surface area contributed by atoms with Crippen molar-refractivity contribution >= 4 is 47.5 Å². The van der Waals surface area contributed by atoms with Crippen LogP contribution in [0.25, 0.3) is 0 Å². The van der Waals surface area contributed by atoms with E-state index < -0.39 is 39.2 Å². The van der Waals surface area contributed by atoms with Crippen LogP contribution in [0.2, 0.25) is 0 Å². The molecule has 13 nitrogen and oxygen atoms in total. The highest BCUT2D eigenvalue weighted by Gasteiger charge is 2.69. The van der Waals surface area contributed by atoms with E-state index in [1.54, 1.807) is 0 Å². The first-order valence-corrected chi connectivity index (χ1v) is 12.9. The van der Waals surface area contributed by atoms with Gasteiger partial charge in [0.1, 0.15) is 12.8 Å². The second-order valence-corrected chi connectivity index (χ2v) is 10.5. The summed E-state index contributed by atoms with van der Waals surface area (Å²) in [7, 11) is 0. The van der Waals surface area contributed by atoms with E-state index in [9.17, 15) is 29.3 Å². The third kappa shape index (κ3) is 4.78. The van der Waals surface area contributed by atoms with Crippen molar-refractivity contribution in [2.24, 2.45) is 5.10 Å². The summed E-state index contributed by atoms with van der Waals surface area (Å²) in [5.41, 5.74) is 1.16.